The van der Waals surface area contributed by atoms with Gasteiger partial charge in [0.05, 0.1) is 24.5 Å². The summed E-state index contributed by atoms with van der Waals surface area (Å²) >= 11 is 0. The molecule has 0 fully saturated rings. The third-order valence-corrected chi connectivity index (χ3v) is 4.92. The van der Waals surface area contributed by atoms with Gasteiger partial charge in [0.15, 0.2) is 0 Å². The Morgan fingerprint density at radius 3 is 2.50 bits per heavy atom. The highest BCUT2D eigenvalue weighted by Crippen LogP contribution is 2.30. The minimum atomic E-state index is 0.518. The number of aromatic nitrogens is 4. The zero-order chi connectivity index (χ0) is 20.3. The van der Waals surface area contributed by atoms with E-state index in [9.17, 15) is 0 Å². The fourth-order valence-corrected chi connectivity index (χ4v) is 3.43. The molecule has 0 spiro atoms. The van der Waals surface area contributed by atoms with E-state index < -0.39 is 0 Å². The van der Waals surface area contributed by atoms with Crippen LogP contribution in [0.1, 0.15) is 0 Å². The molecular weight excluding hydrogens is 374 g/mol. The van der Waals surface area contributed by atoms with Crippen LogP contribution in [-0.4, -0.2) is 26.7 Å². The largest absolute Gasteiger partial charge is 0.496 e. The van der Waals surface area contributed by atoms with Gasteiger partial charge >= 0.3 is 0 Å². The van der Waals surface area contributed by atoms with Gasteiger partial charge in [-0.1, -0.05) is 30.3 Å². The van der Waals surface area contributed by atoms with Crippen molar-refractivity contribution in [3.8, 4) is 28.1 Å². The van der Waals surface area contributed by atoms with Gasteiger partial charge < -0.3 is 10.1 Å². The van der Waals surface area contributed by atoms with Gasteiger partial charge in [-0.3, -0.25) is 4.98 Å². The molecule has 0 aliphatic heterocycles. The van der Waals surface area contributed by atoms with Crippen LogP contribution >= 0.6 is 0 Å². The Bertz CT molecular complexity index is 1300. The van der Waals surface area contributed by atoms with Crippen molar-refractivity contribution >= 4 is 17.2 Å². The predicted molar refractivity (Wildman–Crippen MR) is 118 cm³/mol. The fourth-order valence-electron chi connectivity index (χ4n) is 3.43. The lowest BCUT2D eigenvalue weighted by atomic mass is 10.1. The van der Waals surface area contributed by atoms with Crippen molar-refractivity contribution in [2.45, 2.75) is 0 Å². The maximum absolute atomic E-state index is 5.51. The van der Waals surface area contributed by atoms with E-state index in [2.05, 4.69) is 15.3 Å². The third kappa shape index (κ3) is 3.35. The first-order valence-electron chi connectivity index (χ1n) is 9.57. The number of para-hydroxylation sites is 1. The molecule has 0 amide bonds. The Hall–Kier alpha value is -4.19. The number of anilines is 2. The van der Waals surface area contributed by atoms with E-state index in [0.29, 0.717) is 5.95 Å². The second-order valence-electron chi connectivity index (χ2n) is 6.78. The number of fused-ring (bicyclic) bond motifs is 1. The van der Waals surface area contributed by atoms with Crippen LogP contribution in [0.5, 0.6) is 5.75 Å². The number of nitrogens with zero attached hydrogens (tertiary/aromatic N) is 4. The number of methoxy groups -OCH3 is 1. The fraction of sp³-hybridized carbons (Fsp3) is 0.0417. The highest BCUT2D eigenvalue weighted by Gasteiger charge is 2.11. The first-order valence-corrected chi connectivity index (χ1v) is 9.57. The van der Waals surface area contributed by atoms with Crippen molar-refractivity contribution in [1.82, 2.24) is 19.6 Å². The summed E-state index contributed by atoms with van der Waals surface area (Å²) in [6, 6.07) is 24.0. The summed E-state index contributed by atoms with van der Waals surface area (Å²) in [5.41, 5.74) is 5.93. The first-order chi connectivity index (χ1) is 14.8. The molecule has 6 heteroatoms. The Morgan fingerprint density at radius 2 is 1.70 bits per heavy atom. The van der Waals surface area contributed by atoms with E-state index in [4.69, 9.17) is 9.84 Å². The summed E-state index contributed by atoms with van der Waals surface area (Å²) in [6.07, 6.45) is 5.43. The third-order valence-electron chi connectivity index (χ3n) is 4.92. The normalized spacial score (nSPS) is 10.8. The van der Waals surface area contributed by atoms with Gasteiger partial charge in [-0.25, -0.2) is 9.50 Å². The standard InChI is InChI=1S/C24H19N5O/c1-30-23-7-3-2-6-21(23)22-13-12-20-16-26-24(28-29(20)22)27-19-10-8-17(9-11-19)18-5-4-14-25-15-18/h2-16H,1H3,(H,27,28). The van der Waals surface area contributed by atoms with Gasteiger partial charge in [0, 0.05) is 23.6 Å². The van der Waals surface area contributed by atoms with Gasteiger partial charge in [0.25, 0.3) is 0 Å². The molecule has 0 unspecified atom stereocenters. The number of benzene rings is 2. The van der Waals surface area contributed by atoms with Crippen LogP contribution in [0.3, 0.4) is 0 Å². The summed E-state index contributed by atoms with van der Waals surface area (Å²) in [5.74, 6) is 1.32. The highest BCUT2D eigenvalue weighted by atomic mass is 16.5. The Balaban J connectivity index is 1.46. The van der Waals surface area contributed by atoms with Gasteiger partial charge in [-0.15, -0.1) is 5.10 Å². The Morgan fingerprint density at radius 1 is 0.833 bits per heavy atom. The molecule has 2 aromatic carbocycles. The summed E-state index contributed by atoms with van der Waals surface area (Å²) < 4.78 is 7.39. The van der Waals surface area contributed by atoms with Gasteiger partial charge in [0.2, 0.25) is 5.95 Å². The van der Waals surface area contributed by atoms with Crippen molar-refractivity contribution in [1.29, 1.82) is 0 Å². The number of hydrogen-bond donors (Lipinski definition) is 1. The summed E-state index contributed by atoms with van der Waals surface area (Å²) in [4.78, 5) is 8.62. The van der Waals surface area contributed by atoms with Crippen LogP contribution < -0.4 is 10.1 Å². The minimum Gasteiger partial charge on any atom is -0.496 e. The molecule has 0 saturated heterocycles. The van der Waals surface area contributed by atoms with Crippen LogP contribution in [0.15, 0.2) is 91.4 Å². The first kappa shape index (κ1) is 17.9. The lowest BCUT2D eigenvalue weighted by Crippen LogP contribution is -2.03. The molecule has 146 valence electrons. The molecule has 5 rings (SSSR count). The van der Waals surface area contributed by atoms with Crippen LogP contribution in [0, 0.1) is 0 Å². The van der Waals surface area contributed by atoms with Crippen molar-refractivity contribution in [3.63, 3.8) is 0 Å². The van der Waals surface area contributed by atoms with Crippen molar-refractivity contribution in [2.24, 2.45) is 0 Å². The molecule has 0 aliphatic rings. The second kappa shape index (κ2) is 7.67. The SMILES string of the molecule is COc1ccccc1-c1ccc2cnc(Nc3ccc(-c4cccnc4)cc3)nn12. The maximum Gasteiger partial charge on any atom is 0.245 e. The number of pyridine rings is 1. The average Bonchev–Trinajstić information content (AvgIpc) is 3.23. The molecule has 0 saturated carbocycles. The van der Waals surface area contributed by atoms with E-state index in [-0.39, 0.29) is 0 Å². The number of nitrogens with one attached hydrogen (secondary N) is 1. The molecule has 0 radical (unpaired) electrons. The molecule has 5 aromatic rings. The van der Waals surface area contributed by atoms with Crippen molar-refractivity contribution in [2.75, 3.05) is 12.4 Å². The van der Waals surface area contributed by atoms with Crippen molar-refractivity contribution < 1.29 is 4.74 Å². The van der Waals surface area contributed by atoms with Gasteiger partial charge in [-0.2, -0.15) is 0 Å². The molecule has 6 nitrogen and oxygen atoms in total. The monoisotopic (exact) mass is 393 g/mol. The molecule has 3 heterocycles. The summed E-state index contributed by atoms with van der Waals surface area (Å²) in [7, 11) is 1.67. The maximum atomic E-state index is 5.51. The zero-order valence-corrected chi connectivity index (χ0v) is 16.4. The van der Waals surface area contributed by atoms with E-state index in [0.717, 1.165) is 39.3 Å². The summed E-state index contributed by atoms with van der Waals surface area (Å²) in [5, 5.41) is 7.97. The van der Waals surface area contributed by atoms with Crippen LogP contribution in [0.2, 0.25) is 0 Å². The van der Waals surface area contributed by atoms with E-state index in [1.54, 1.807) is 19.5 Å². The molecular formula is C24H19N5O. The molecule has 3 aromatic heterocycles. The van der Waals surface area contributed by atoms with Crippen LogP contribution in [-0.2, 0) is 0 Å². The number of hydrogen-bond acceptors (Lipinski definition) is 5. The topological polar surface area (TPSA) is 64.3 Å². The molecule has 30 heavy (non-hydrogen) atoms. The van der Waals surface area contributed by atoms with E-state index in [1.165, 1.54) is 0 Å². The predicted octanol–water partition coefficient (Wildman–Crippen LogP) is 5.21. The smallest absolute Gasteiger partial charge is 0.245 e. The number of rotatable bonds is 5. The molecule has 0 aliphatic carbocycles. The summed E-state index contributed by atoms with van der Waals surface area (Å²) in [6.45, 7) is 0. The van der Waals surface area contributed by atoms with Crippen LogP contribution in [0.25, 0.3) is 27.9 Å². The number of ether oxygens (including phenoxy) is 1. The minimum absolute atomic E-state index is 0.518. The molecule has 0 bridgehead atoms. The Kier molecular flexibility index (Phi) is 4.57. The average molecular weight is 393 g/mol. The lowest BCUT2D eigenvalue weighted by Gasteiger charge is -2.10. The second-order valence-corrected chi connectivity index (χ2v) is 6.78. The van der Waals surface area contributed by atoms with E-state index in [1.807, 2.05) is 83.5 Å². The molecule has 0 atom stereocenters. The van der Waals surface area contributed by atoms with Crippen molar-refractivity contribution in [3.05, 3.63) is 91.4 Å². The van der Waals surface area contributed by atoms with Gasteiger partial charge in [-0.05, 0) is 53.6 Å². The highest BCUT2D eigenvalue weighted by molar-refractivity contribution is 5.72. The quantitative estimate of drug-likeness (QED) is 0.444. The Labute approximate surface area is 173 Å². The van der Waals surface area contributed by atoms with Crippen LogP contribution in [0.4, 0.5) is 11.6 Å². The lowest BCUT2D eigenvalue weighted by molar-refractivity contribution is 0.416. The zero-order valence-electron chi connectivity index (χ0n) is 16.4. The van der Waals surface area contributed by atoms with Gasteiger partial charge in [0.1, 0.15) is 5.75 Å². The van der Waals surface area contributed by atoms with E-state index >= 15 is 0 Å². The molecule has 1 N–H and O–H groups in total.